The molecule has 1 N–H and O–H groups in total. The number of imide groups is 1. The molecule has 1 fully saturated rings. The summed E-state index contributed by atoms with van der Waals surface area (Å²) in [6, 6.07) is 4.00. The highest BCUT2D eigenvalue weighted by molar-refractivity contribution is 6.08. The van der Waals surface area contributed by atoms with E-state index in [1.54, 1.807) is 0 Å². The number of anilines is 1. The van der Waals surface area contributed by atoms with Crippen LogP contribution in [0.15, 0.2) is 36.4 Å². The average Bonchev–Trinajstić information content (AvgIpc) is 2.92. The van der Waals surface area contributed by atoms with E-state index in [4.69, 9.17) is 4.74 Å². The standard InChI is InChI=1S/C19H19FN2O5/c1-11(22-17(24)14-4-2-3-5-15(14)18(22)25)19(26)27-10-16(23)21-13-8-6-12(20)7-9-13/h2-3,6-9,11,14-15H,4-5,10H2,1H3,(H,21,23)/t11-,14-,15-/m0/s1. The number of rotatable bonds is 5. The van der Waals surface area contributed by atoms with Gasteiger partial charge in [0.1, 0.15) is 11.9 Å². The number of fused-ring (bicyclic) bond motifs is 1. The molecule has 1 aromatic rings. The summed E-state index contributed by atoms with van der Waals surface area (Å²) in [6.45, 7) is 0.825. The molecule has 8 heteroatoms. The molecule has 0 unspecified atom stereocenters. The summed E-state index contributed by atoms with van der Waals surface area (Å²) in [5, 5.41) is 2.45. The highest BCUT2D eigenvalue weighted by atomic mass is 19.1. The van der Waals surface area contributed by atoms with Crippen LogP contribution in [0.1, 0.15) is 19.8 Å². The average molecular weight is 374 g/mol. The van der Waals surface area contributed by atoms with Gasteiger partial charge >= 0.3 is 5.97 Å². The molecule has 1 heterocycles. The number of esters is 1. The van der Waals surface area contributed by atoms with Crippen LogP contribution in [-0.2, 0) is 23.9 Å². The Kier molecular flexibility index (Phi) is 5.34. The Labute approximate surface area is 155 Å². The number of nitrogens with zero attached hydrogens (tertiary/aromatic N) is 1. The van der Waals surface area contributed by atoms with Crippen molar-refractivity contribution in [3.63, 3.8) is 0 Å². The number of benzene rings is 1. The van der Waals surface area contributed by atoms with Gasteiger partial charge in [0.15, 0.2) is 6.61 Å². The topological polar surface area (TPSA) is 92.8 Å². The van der Waals surface area contributed by atoms with Crippen molar-refractivity contribution in [1.29, 1.82) is 0 Å². The number of carbonyl (C=O) groups is 4. The molecular weight excluding hydrogens is 355 g/mol. The molecule has 7 nitrogen and oxygen atoms in total. The Morgan fingerprint density at radius 2 is 1.70 bits per heavy atom. The van der Waals surface area contributed by atoms with E-state index in [0.29, 0.717) is 18.5 Å². The molecule has 1 aromatic carbocycles. The van der Waals surface area contributed by atoms with Crippen LogP contribution in [0.4, 0.5) is 10.1 Å². The smallest absolute Gasteiger partial charge is 0.329 e. The SMILES string of the molecule is C[C@@H](C(=O)OCC(=O)Nc1ccc(F)cc1)N1C(=O)[C@H]2CC=CC[C@@H]2C1=O. The monoisotopic (exact) mass is 374 g/mol. The van der Waals surface area contributed by atoms with Gasteiger partial charge in [-0.25, -0.2) is 9.18 Å². The number of hydrogen-bond donors (Lipinski definition) is 1. The van der Waals surface area contributed by atoms with Gasteiger partial charge < -0.3 is 10.1 Å². The molecule has 3 atom stereocenters. The number of likely N-dealkylation sites (tertiary alicyclic amines) is 1. The number of amides is 3. The Balaban J connectivity index is 1.54. The molecule has 0 saturated carbocycles. The van der Waals surface area contributed by atoms with Crippen LogP contribution in [0.3, 0.4) is 0 Å². The molecule has 0 aromatic heterocycles. The second kappa shape index (κ2) is 7.69. The van der Waals surface area contributed by atoms with Crippen LogP contribution >= 0.6 is 0 Å². The van der Waals surface area contributed by atoms with Crippen molar-refractivity contribution in [2.75, 3.05) is 11.9 Å². The fraction of sp³-hybridized carbons (Fsp3) is 0.368. The minimum atomic E-state index is -1.10. The third-order valence-corrected chi connectivity index (χ3v) is 4.74. The molecule has 27 heavy (non-hydrogen) atoms. The molecular formula is C19H19FN2O5. The van der Waals surface area contributed by atoms with Gasteiger partial charge in [0.25, 0.3) is 5.91 Å². The van der Waals surface area contributed by atoms with Crippen LogP contribution in [0.5, 0.6) is 0 Å². The zero-order valence-electron chi connectivity index (χ0n) is 14.7. The molecule has 0 spiro atoms. The van der Waals surface area contributed by atoms with Crippen molar-refractivity contribution in [2.24, 2.45) is 11.8 Å². The Morgan fingerprint density at radius 3 is 2.26 bits per heavy atom. The first-order valence-corrected chi connectivity index (χ1v) is 8.62. The molecule has 1 aliphatic carbocycles. The molecule has 1 aliphatic heterocycles. The van der Waals surface area contributed by atoms with Gasteiger partial charge in [0.2, 0.25) is 11.8 Å². The van der Waals surface area contributed by atoms with Crippen molar-refractivity contribution in [2.45, 2.75) is 25.8 Å². The summed E-state index contributed by atoms with van der Waals surface area (Å²) in [5.41, 5.74) is 0.354. The zero-order valence-corrected chi connectivity index (χ0v) is 14.7. The zero-order chi connectivity index (χ0) is 19.6. The summed E-state index contributed by atoms with van der Waals surface area (Å²) in [6.07, 6.45) is 4.68. The van der Waals surface area contributed by atoms with Crippen molar-refractivity contribution < 1.29 is 28.3 Å². The molecule has 3 rings (SSSR count). The number of nitrogens with one attached hydrogen (secondary N) is 1. The Morgan fingerprint density at radius 1 is 1.15 bits per heavy atom. The normalized spacial score (nSPS) is 22.4. The van der Waals surface area contributed by atoms with E-state index < -0.39 is 42.2 Å². The third kappa shape index (κ3) is 3.89. The lowest BCUT2D eigenvalue weighted by molar-refractivity contribution is -0.159. The van der Waals surface area contributed by atoms with Crippen LogP contribution in [0, 0.1) is 17.7 Å². The van der Waals surface area contributed by atoms with E-state index in [9.17, 15) is 23.6 Å². The minimum Gasteiger partial charge on any atom is -0.454 e. The number of hydrogen-bond acceptors (Lipinski definition) is 5. The van der Waals surface area contributed by atoms with Gasteiger partial charge in [-0.05, 0) is 44.0 Å². The summed E-state index contributed by atoms with van der Waals surface area (Å²) < 4.78 is 17.8. The first kappa shape index (κ1) is 18.8. The van der Waals surface area contributed by atoms with E-state index in [0.717, 1.165) is 4.90 Å². The van der Waals surface area contributed by atoms with Crippen LogP contribution < -0.4 is 5.32 Å². The van der Waals surface area contributed by atoms with Gasteiger partial charge in [-0.3, -0.25) is 19.3 Å². The molecule has 0 radical (unpaired) electrons. The van der Waals surface area contributed by atoms with Gasteiger partial charge in [-0.1, -0.05) is 12.2 Å². The number of allylic oxidation sites excluding steroid dienone is 2. The van der Waals surface area contributed by atoms with Gasteiger partial charge in [0, 0.05) is 5.69 Å². The number of halogens is 1. The molecule has 2 aliphatic rings. The van der Waals surface area contributed by atoms with Crippen LogP contribution in [0.25, 0.3) is 0 Å². The Hall–Kier alpha value is -3.03. The summed E-state index contributed by atoms with van der Waals surface area (Å²) in [5.74, 6) is -3.51. The van der Waals surface area contributed by atoms with Crippen LogP contribution in [0.2, 0.25) is 0 Å². The van der Waals surface area contributed by atoms with E-state index in [1.165, 1.54) is 31.2 Å². The fourth-order valence-electron chi connectivity index (χ4n) is 3.30. The van der Waals surface area contributed by atoms with Crippen molar-refractivity contribution in [3.8, 4) is 0 Å². The number of carbonyl (C=O) groups excluding carboxylic acids is 4. The van der Waals surface area contributed by atoms with Gasteiger partial charge in [-0.2, -0.15) is 0 Å². The maximum atomic E-state index is 12.8. The third-order valence-electron chi connectivity index (χ3n) is 4.74. The Bertz CT molecular complexity index is 779. The highest BCUT2D eigenvalue weighted by Crippen LogP contribution is 2.36. The lowest BCUT2D eigenvalue weighted by Crippen LogP contribution is -2.45. The lowest BCUT2D eigenvalue weighted by atomic mass is 9.85. The van der Waals surface area contributed by atoms with Gasteiger partial charge in [-0.15, -0.1) is 0 Å². The second-order valence-corrected chi connectivity index (χ2v) is 6.54. The quantitative estimate of drug-likeness (QED) is 0.481. The molecule has 3 amide bonds. The first-order chi connectivity index (χ1) is 12.9. The van der Waals surface area contributed by atoms with E-state index in [-0.39, 0.29) is 11.8 Å². The predicted octanol–water partition coefficient (Wildman–Crippen LogP) is 1.65. The van der Waals surface area contributed by atoms with Crippen molar-refractivity contribution in [3.05, 3.63) is 42.2 Å². The summed E-state index contributed by atoms with van der Waals surface area (Å²) >= 11 is 0. The lowest BCUT2D eigenvalue weighted by Gasteiger charge is -2.21. The highest BCUT2D eigenvalue weighted by Gasteiger charge is 2.50. The van der Waals surface area contributed by atoms with E-state index in [1.807, 2.05) is 12.2 Å². The number of ether oxygens (including phenoxy) is 1. The van der Waals surface area contributed by atoms with E-state index in [2.05, 4.69) is 5.32 Å². The fourth-order valence-corrected chi connectivity index (χ4v) is 3.30. The second-order valence-electron chi connectivity index (χ2n) is 6.54. The van der Waals surface area contributed by atoms with Crippen molar-refractivity contribution >= 4 is 29.4 Å². The maximum absolute atomic E-state index is 12.8. The first-order valence-electron chi connectivity index (χ1n) is 8.62. The molecule has 142 valence electrons. The maximum Gasteiger partial charge on any atom is 0.329 e. The predicted molar refractivity (Wildman–Crippen MR) is 92.7 cm³/mol. The van der Waals surface area contributed by atoms with Crippen molar-refractivity contribution in [1.82, 2.24) is 4.90 Å². The van der Waals surface area contributed by atoms with Crippen LogP contribution in [-0.4, -0.2) is 41.2 Å². The molecule has 0 bridgehead atoms. The van der Waals surface area contributed by atoms with Gasteiger partial charge in [0.05, 0.1) is 11.8 Å². The molecule has 1 saturated heterocycles. The summed E-state index contributed by atoms with van der Waals surface area (Å²) in [7, 11) is 0. The largest absolute Gasteiger partial charge is 0.454 e. The minimum absolute atomic E-state index is 0.354. The van der Waals surface area contributed by atoms with E-state index >= 15 is 0 Å². The summed E-state index contributed by atoms with van der Waals surface area (Å²) in [4.78, 5) is 49.9.